The molecule has 2 heterocycles. The van der Waals surface area contributed by atoms with Crippen LogP contribution in [0, 0.1) is 93.2 Å². The Morgan fingerprint density at radius 1 is 0.925 bits per heavy atom. The number of carbonyl (C=O) groups excluding carboxylic acids is 2. The van der Waals surface area contributed by atoms with Crippen molar-refractivity contribution in [1.82, 2.24) is 5.32 Å². The van der Waals surface area contributed by atoms with Crippen molar-refractivity contribution >= 4 is 12.3 Å². The number of benzene rings is 1. The van der Waals surface area contributed by atoms with Crippen molar-refractivity contribution in [3.05, 3.63) is 71.0 Å². The Morgan fingerprint density at radius 2 is 1.78 bits per heavy atom. The molecule has 0 amide bonds. The molecule has 0 radical (unpaired) electrons. The lowest BCUT2D eigenvalue weighted by molar-refractivity contribution is -0.385. The van der Waals surface area contributed by atoms with Gasteiger partial charge in [0.05, 0.1) is 30.0 Å². The second-order valence-corrected chi connectivity index (χ2v) is 24.4. The van der Waals surface area contributed by atoms with Crippen LogP contribution in [-0.4, -0.2) is 86.0 Å². The van der Waals surface area contributed by atoms with E-state index in [2.05, 4.69) is 35.4 Å². The number of carbonyl (C=O) groups is 2. The van der Waals surface area contributed by atoms with E-state index in [1.807, 2.05) is 31.5 Å². The highest BCUT2D eigenvalue weighted by atomic mass is 16.5. The Kier molecular flexibility index (Phi) is 9.85. The molecule has 8 saturated carbocycles. The van der Waals surface area contributed by atoms with Gasteiger partial charge in [-0.05, 0) is 154 Å². The summed E-state index contributed by atoms with van der Waals surface area (Å²) in [6.07, 6.45) is 22.0. The predicted molar refractivity (Wildman–Crippen MR) is 248 cm³/mol. The van der Waals surface area contributed by atoms with Gasteiger partial charge in [-0.3, -0.25) is 0 Å². The topological polar surface area (TPSA) is 166 Å². The molecule has 2 aliphatic heterocycles. The van der Waals surface area contributed by atoms with Crippen molar-refractivity contribution in [2.24, 2.45) is 81.3 Å². The number of likely N-dealkylation sites (N-methyl/N-ethyl adjacent to an activating group) is 1. The number of aldehydes is 1. The third-order valence-electron chi connectivity index (χ3n) is 22.8. The molecule has 2 spiro atoms. The Labute approximate surface area is 395 Å². The van der Waals surface area contributed by atoms with Crippen LogP contribution in [0.25, 0.3) is 0 Å². The van der Waals surface area contributed by atoms with Crippen molar-refractivity contribution in [2.45, 2.75) is 163 Å². The summed E-state index contributed by atoms with van der Waals surface area (Å²) in [4.78, 5) is 28.7. The second kappa shape index (κ2) is 15.1. The third kappa shape index (κ3) is 5.36. The molecular weight excluding hydrogens is 843 g/mol. The zero-order valence-corrected chi connectivity index (χ0v) is 39.2. The fourth-order valence-electron chi connectivity index (χ4n) is 20.6. The Balaban J connectivity index is 1.01. The maximum Gasteiger partial charge on any atom is 0.331 e. The van der Waals surface area contributed by atoms with E-state index in [0.29, 0.717) is 69.6 Å². The van der Waals surface area contributed by atoms with E-state index in [0.717, 1.165) is 54.2 Å². The number of rotatable bonds is 4. The first-order valence-corrected chi connectivity index (χ1v) is 26.5. The maximum atomic E-state index is 15.1. The number of hydrogen-bond donors (Lipinski definition) is 6. The fourth-order valence-corrected chi connectivity index (χ4v) is 20.6. The van der Waals surface area contributed by atoms with Gasteiger partial charge in [0.15, 0.2) is 0 Å². The molecule has 358 valence electrons. The van der Waals surface area contributed by atoms with Crippen LogP contribution in [0.4, 0.5) is 0 Å². The molecule has 6 N–H and O–H groups in total. The molecule has 14 rings (SSSR count). The molecule has 1 aromatic carbocycles. The van der Waals surface area contributed by atoms with Gasteiger partial charge in [0.2, 0.25) is 0 Å². The average molecular weight is 914 g/mol. The van der Waals surface area contributed by atoms with E-state index < -0.39 is 69.0 Å². The molecule has 67 heavy (non-hydrogen) atoms. The van der Waals surface area contributed by atoms with Gasteiger partial charge in [-0.2, -0.15) is 0 Å². The van der Waals surface area contributed by atoms with Crippen molar-refractivity contribution in [2.75, 3.05) is 7.05 Å². The van der Waals surface area contributed by atoms with E-state index in [-0.39, 0.29) is 60.7 Å². The summed E-state index contributed by atoms with van der Waals surface area (Å²) in [5.41, 5.74) is -5.22. The van der Waals surface area contributed by atoms with Gasteiger partial charge < -0.3 is 45.1 Å². The molecule has 4 bridgehead atoms. The van der Waals surface area contributed by atoms with E-state index in [1.165, 1.54) is 25.7 Å². The van der Waals surface area contributed by atoms with Crippen LogP contribution in [0.1, 0.15) is 126 Å². The van der Waals surface area contributed by atoms with Crippen LogP contribution in [0.5, 0.6) is 0 Å². The number of hydrogen-bond acceptors (Lipinski definition) is 10. The molecule has 10 heteroatoms. The number of allylic oxidation sites excluding steroid dienone is 3. The first-order chi connectivity index (χ1) is 32.4. The lowest BCUT2D eigenvalue weighted by Crippen LogP contribution is -2.86. The zero-order valence-electron chi connectivity index (χ0n) is 39.2. The normalized spacial score (nSPS) is 52.0. The highest BCUT2D eigenvalue weighted by Crippen LogP contribution is 2.80. The number of aliphatic hydroxyl groups is 5. The van der Waals surface area contributed by atoms with E-state index in [9.17, 15) is 30.3 Å². The Morgan fingerprint density at radius 3 is 2.58 bits per heavy atom. The van der Waals surface area contributed by atoms with Crippen molar-refractivity contribution in [1.29, 1.82) is 0 Å². The maximum absolute atomic E-state index is 15.1. The number of fused-ring (bicyclic) bond motifs is 8. The average Bonchev–Trinajstić information content (AvgIpc) is 4.13. The van der Waals surface area contributed by atoms with Gasteiger partial charge in [0.1, 0.15) is 29.7 Å². The molecule has 10 nitrogen and oxygen atoms in total. The monoisotopic (exact) mass is 914 g/mol. The first-order valence-electron chi connectivity index (χ1n) is 26.5. The fraction of sp³-hybridized carbons (Fsp3) is 0.719. The summed E-state index contributed by atoms with van der Waals surface area (Å²) in [5, 5.41) is 71.7. The Bertz CT molecular complexity index is 2400. The summed E-state index contributed by atoms with van der Waals surface area (Å²) in [7, 11) is 1.93. The van der Waals surface area contributed by atoms with Crippen LogP contribution < -0.4 is 5.32 Å². The van der Waals surface area contributed by atoms with Gasteiger partial charge in [-0.15, -0.1) is 0 Å². The summed E-state index contributed by atoms with van der Waals surface area (Å²) in [5.74, 6) is 4.93. The molecule has 8 fully saturated rings. The first kappa shape index (κ1) is 43.7. The lowest BCUT2D eigenvalue weighted by atomic mass is 9.32. The molecule has 20 unspecified atom stereocenters. The van der Waals surface area contributed by atoms with Crippen molar-refractivity contribution in [3.63, 3.8) is 0 Å². The second-order valence-electron chi connectivity index (χ2n) is 24.4. The predicted octanol–water partition coefficient (Wildman–Crippen LogP) is 6.24. The van der Waals surface area contributed by atoms with E-state index in [4.69, 9.17) is 9.47 Å². The quantitative estimate of drug-likeness (QED) is 0.0882. The molecule has 0 saturated heterocycles. The number of aliphatic hydroxyl groups excluding tert-OH is 2. The minimum atomic E-state index is -2.17. The largest absolute Gasteiger partial charge is 0.497 e. The third-order valence-corrected chi connectivity index (χ3v) is 22.8. The van der Waals surface area contributed by atoms with Gasteiger partial charge in [0.25, 0.3) is 0 Å². The van der Waals surface area contributed by atoms with Gasteiger partial charge in [-0.25, -0.2) is 4.79 Å². The summed E-state index contributed by atoms with van der Waals surface area (Å²) >= 11 is 0. The van der Waals surface area contributed by atoms with Crippen LogP contribution in [0.3, 0.4) is 0 Å². The lowest BCUT2D eigenvalue weighted by Gasteiger charge is -2.75. The number of nitrogens with one attached hydrogen (secondary N) is 1. The van der Waals surface area contributed by atoms with Crippen LogP contribution >= 0.6 is 0 Å². The molecule has 20 atom stereocenters. The SMILES string of the molecule is CNC1Cc2c(cccc2CO)C#CCCC23CCC4C5(C=O)CC67CCCC6C=COC7C6CC7C=CCC(C8CCCC8)C7CC(C(O)C4(O)C2(O)CC2CC1C1OC(=O)C=C1C23)C65O. The molecule has 0 aromatic heterocycles. The standard InChI is InChI=1S/C57H71NO9/c1-58-45-26-39-33(12-6-14-35(39)29-59)11-4-5-20-53-21-17-46-54(31-60)30-52-19-8-15-37(52)18-22-66-51(52)44-24-34-13-7-16-38(32-9-2-3-10-32)40(34)25-43(56(44,54)64)50(62)57(46,65)55(53,63)28-36-23-41(45)49-42(48(36)53)27-47(61)67-49/h6-7,12-14,18,22,27,31-32,34,36-38,40-41,43-46,48-51,58-59,62-65H,2-3,5,8-10,15-17,19-21,23-26,28-30H2,1H3. The van der Waals surface area contributed by atoms with Gasteiger partial charge in [0, 0.05) is 58.6 Å². The number of ether oxygens (including phenoxy) is 2. The summed E-state index contributed by atoms with van der Waals surface area (Å²) in [6.45, 7) is -0.122. The summed E-state index contributed by atoms with van der Waals surface area (Å²) < 4.78 is 13.2. The molecule has 1 aromatic rings. The van der Waals surface area contributed by atoms with Crippen molar-refractivity contribution < 1.29 is 44.6 Å². The zero-order chi connectivity index (χ0) is 45.9. The summed E-state index contributed by atoms with van der Waals surface area (Å²) in [6, 6.07) is 5.69. The smallest absolute Gasteiger partial charge is 0.331 e. The molecule has 11 aliphatic carbocycles. The number of esters is 1. The van der Waals surface area contributed by atoms with Crippen LogP contribution in [-0.2, 0) is 32.1 Å². The minimum absolute atomic E-state index is 0.122. The van der Waals surface area contributed by atoms with Gasteiger partial charge >= 0.3 is 5.97 Å². The van der Waals surface area contributed by atoms with Crippen molar-refractivity contribution in [3.8, 4) is 11.8 Å². The molecular formula is C57H71NO9. The van der Waals surface area contributed by atoms with E-state index in [1.54, 1.807) is 6.08 Å². The Hall–Kier alpha value is -3.30. The molecule has 13 aliphatic rings. The highest BCUT2D eigenvalue weighted by molar-refractivity contribution is 5.86. The van der Waals surface area contributed by atoms with E-state index >= 15 is 4.79 Å². The highest BCUT2D eigenvalue weighted by Gasteiger charge is 2.87. The minimum Gasteiger partial charge on any atom is -0.497 e. The van der Waals surface area contributed by atoms with Gasteiger partial charge in [-0.1, -0.05) is 68.2 Å². The van der Waals surface area contributed by atoms with Crippen LogP contribution in [0.15, 0.2) is 54.3 Å². The van der Waals surface area contributed by atoms with Crippen LogP contribution in [0.2, 0.25) is 0 Å².